The average Bonchev–Trinajstić information content (AvgIpc) is 2.71. The van der Waals surface area contributed by atoms with E-state index in [1.54, 1.807) is 12.4 Å². The highest BCUT2D eigenvalue weighted by molar-refractivity contribution is 9.09. The van der Waals surface area contributed by atoms with E-state index in [4.69, 9.17) is 0 Å². The normalized spacial score (nSPS) is 18.3. The molecule has 2 heterocycles. The van der Waals surface area contributed by atoms with Crippen LogP contribution in [0.2, 0.25) is 0 Å². The molecule has 25 heavy (non-hydrogen) atoms. The average molecular weight is 391 g/mol. The molecule has 1 aliphatic carbocycles. The van der Waals surface area contributed by atoms with E-state index in [-0.39, 0.29) is 4.32 Å². The molecule has 0 amide bonds. The van der Waals surface area contributed by atoms with E-state index >= 15 is 0 Å². The number of pyridine rings is 2. The lowest BCUT2D eigenvalue weighted by Gasteiger charge is -2.24. The van der Waals surface area contributed by atoms with Gasteiger partial charge in [0.25, 0.3) is 0 Å². The Morgan fingerprint density at radius 2 is 1.40 bits per heavy atom. The van der Waals surface area contributed by atoms with Gasteiger partial charge >= 0.3 is 0 Å². The van der Waals surface area contributed by atoms with Crippen molar-refractivity contribution in [2.24, 2.45) is 0 Å². The number of hydrogen-bond donors (Lipinski definition) is 0. The monoisotopic (exact) mass is 390 g/mol. The summed E-state index contributed by atoms with van der Waals surface area (Å²) in [6.45, 7) is 0. The molecule has 4 rings (SSSR count). The van der Waals surface area contributed by atoms with Gasteiger partial charge in [-0.2, -0.15) is 0 Å². The first kappa shape index (κ1) is 17.3. The van der Waals surface area contributed by atoms with E-state index in [0.717, 1.165) is 17.5 Å². The van der Waals surface area contributed by atoms with Crippen molar-refractivity contribution in [1.82, 2.24) is 9.97 Å². The van der Waals surface area contributed by atoms with Crippen LogP contribution >= 0.6 is 15.9 Å². The predicted octanol–water partition coefficient (Wildman–Crippen LogP) is 5.94. The number of benzene rings is 1. The number of nitrogens with zero attached hydrogens (tertiary/aromatic N) is 2. The third-order valence-electron chi connectivity index (χ3n) is 3.93. The van der Waals surface area contributed by atoms with Crippen LogP contribution in [-0.4, -0.2) is 9.97 Å². The fraction of sp³-hybridized carbons (Fsp3) is 0.0909. The molecule has 2 aromatic heterocycles. The van der Waals surface area contributed by atoms with Gasteiger partial charge in [-0.25, -0.2) is 0 Å². The Morgan fingerprint density at radius 1 is 0.760 bits per heavy atom. The Hall–Kier alpha value is -2.52. The van der Waals surface area contributed by atoms with Crippen molar-refractivity contribution in [3.8, 4) is 11.1 Å². The van der Waals surface area contributed by atoms with Crippen LogP contribution in [0.3, 0.4) is 0 Å². The topological polar surface area (TPSA) is 25.8 Å². The highest BCUT2D eigenvalue weighted by atomic mass is 79.9. The molecule has 3 aromatic rings. The third-order valence-corrected chi connectivity index (χ3v) is 4.98. The van der Waals surface area contributed by atoms with Gasteiger partial charge in [0.05, 0.1) is 4.32 Å². The van der Waals surface area contributed by atoms with Gasteiger partial charge in [-0.3, -0.25) is 9.97 Å². The van der Waals surface area contributed by atoms with Crippen LogP contribution in [-0.2, 0) is 4.32 Å². The molecular formula is C22H19BrN2. The Morgan fingerprint density at radius 3 is 1.88 bits per heavy atom. The SMILES string of the molecule is BrC1(c2ccccc2)C=CC=CC1.c1cncc(-c2cccnc2)c1. The van der Waals surface area contributed by atoms with Gasteiger partial charge < -0.3 is 0 Å². The lowest BCUT2D eigenvalue weighted by molar-refractivity contribution is 0.797. The predicted molar refractivity (Wildman–Crippen MR) is 107 cm³/mol. The zero-order valence-electron chi connectivity index (χ0n) is 13.8. The largest absolute Gasteiger partial charge is 0.264 e. The van der Waals surface area contributed by atoms with Crippen LogP contribution in [0.25, 0.3) is 11.1 Å². The van der Waals surface area contributed by atoms with Crippen molar-refractivity contribution in [1.29, 1.82) is 0 Å². The number of aromatic nitrogens is 2. The second-order valence-corrected chi connectivity index (χ2v) is 7.12. The number of rotatable bonds is 2. The van der Waals surface area contributed by atoms with Gasteiger partial charge in [-0.15, -0.1) is 0 Å². The highest BCUT2D eigenvalue weighted by Gasteiger charge is 2.24. The van der Waals surface area contributed by atoms with Crippen molar-refractivity contribution in [2.75, 3.05) is 0 Å². The molecule has 0 fully saturated rings. The lowest BCUT2D eigenvalue weighted by Crippen LogP contribution is -2.14. The Kier molecular flexibility index (Phi) is 5.91. The second-order valence-electron chi connectivity index (χ2n) is 5.70. The van der Waals surface area contributed by atoms with Crippen molar-refractivity contribution in [3.05, 3.63) is 109 Å². The zero-order valence-corrected chi connectivity index (χ0v) is 15.4. The maximum absolute atomic E-state index is 4.03. The van der Waals surface area contributed by atoms with Gasteiger partial charge in [0.2, 0.25) is 0 Å². The minimum Gasteiger partial charge on any atom is -0.264 e. The first-order valence-corrected chi connectivity index (χ1v) is 8.96. The van der Waals surface area contributed by atoms with E-state index in [2.05, 4.69) is 74.5 Å². The Balaban J connectivity index is 0.000000146. The molecule has 2 nitrogen and oxygen atoms in total. The molecule has 0 spiro atoms. The van der Waals surface area contributed by atoms with Crippen molar-refractivity contribution < 1.29 is 0 Å². The summed E-state index contributed by atoms with van der Waals surface area (Å²) in [5.74, 6) is 0. The van der Waals surface area contributed by atoms with Gasteiger partial charge in [0.1, 0.15) is 0 Å². The Labute approximate surface area is 157 Å². The lowest BCUT2D eigenvalue weighted by atomic mass is 9.92. The minimum atomic E-state index is 0.0169. The van der Waals surface area contributed by atoms with E-state index in [0.29, 0.717) is 0 Å². The van der Waals surface area contributed by atoms with E-state index < -0.39 is 0 Å². The fourth-order valence-electron chi connectivity index (χ4n) is 2.59. The summed E-state index contributed by atoms with van der Waals surface area (Å²) in [6.07, 6.45) is 16.8. The van der Waals surface area contributed by atoms with Crippen LogP contribution in [0.15, 0.2) is 104 Å². The van der Waals surface area contributed by atoms with Crippen LogP contribution < -0.4 is 0 Å². The van der Waals surface area contributed by atoms with Crippen molar-refractivity contribution in [3.63, 3.8) is 0 Å². The van der Waals surface area contributed by atoms with Crippen LogP contribution in [0.5, 0.6) is 0 Å². The summed E-state index contributed by atoms with van der Waals surface area (Å²) in [7, 11) is 0. The molecule has 0 N–H and O–H groups in total. The molecule has 0 saturated heterocycles. The number of allylic oxidation sites excluding steroid dienone is 4. The number of alkyl halides is 1. The van der Waals surface area contributed by atoms with Gasteiger partial charge in [0.15, 0.2) is 0 Å². The van der Waals surface area contributed by atoms with E-state index in [9.17, 15) is 0 Å². The van der Waals surface area contributed by atoms with E-state index in [1.807, 2.05) is 42.7 Å². The summed E-state index contributed by atoms with van der Waals surface area (Å²) < 4.78 is 0.0169. The summed E-state index contributed by atoms with van der Waals surface area (Å²) in [6, 6.07) is 18.4. The number of hydrogen-bond acceptors (Lipinski definition) is 2. The molecule has 0 saturated carbocycles. The molecule has 1 aromatic carbocycles. The highest BCUT2D eigenvalue weighted by Crippen LogP contribution is 2.38. The van der Waals surface area contributed by atoms with Gasteiger partial charge in [-0.05, 0) is 24.1 Å². The quantitative estimate of drug-likeness (QED) is 0.506. The fourth-order valence-corrected chi connectivity index (χ4v) is 3.19. The molecule has 0 aliphatic heterocycles. The summed E-state index contributed by atoms with van der Waals surface area (Å²) in [5.41, 5.74) is 3.52. The second kappa shape index (κ2) is 8.54. The Bertz CT molecular complexity index is 792. The van der Waals surface area contributed by atoms with Crippen molar-refractivity contribution in [2.45, 2.75) is 10.7 Å². The van der Waals surface area contributed by atoms with Crippen LogP contribution in [0.4, 0.5) is 0 Å². The molecule has 0 radical (unpaired) electrons. The minimum absolute atomic E-state index is 0.0169. The standard InChI is InChI=1S/C12H11Br.C10H8N2/c13-12(9-5-2-6-10-12)11-7-3-1-4-8-11;1-3-9(7-11-5-1)10-4-2-6-12-8-10/h1-9H,10H2;1-8H. The maximum atomic E-state index is 4.03. The maximum Gasteiger partial charge on any atom is 0.0723 e. The third kappa shape index (κ3) is 4.74. The zero-order chi connectivity index (χ0) is 17.4. The molecule has 1 unspecified atom stereocenters. The molecule has 1 aliphatic rings. The van der Waals surface area contributed by atoms with Crippen molar-refractivity contribution >= 4 is 15.9 Å². The molecule has 1 atom stereocenters. The van der Waals surface area contributed by atoms with Gasteiger partial charge in [-0.1, -0.05) is 82.7 Å². The van der Waals surface area contributed by atoms with Crippen LogP contribution in [0, 0.1) is 0 Å². The van der Waals surface area contributed by atoms with Gasteiger partial charge in [0, 0.05) is 35.9 Å². The number of halogens is 1. The van der Waals surface area contributed by atoms with Crippen LogP contribution in [0.1, 0.15) is 12.0 Å². The first-order chi connectivity index (χ1) is 12.3. The molecule has 3 heteroatoms. The molecule has 124 valence electrons. The summed E-state index contributed by atoms with van der Waals surface area (Å²) >= 11 is 3.77. The summed E-state index contributed by atoms with van der Waals surface area (Å²) in [5, 5.41) is 0. The molecular weight excluding hydrogens is 372 g/mol. The first-order valence-electron chi connectivity index (χ1n) is 8.17. The van der Waals surface area contributed by atoms with E-state index in [1.165, 1.54) is 5.56 Å². The summed E-state index contributed by atoms with van der Waals surface area (Å²) in [4.78, 5) is 8.07. The smallest absolute Gasteiger partial charge is 0.0723 e. The molecule has 0 bridgehead atoms.